The van der Waals surface area contributed by atoms with Crippen molar-refractivity contribution < 1.29 is 0 Å². The summed E-state index contributed by atoms with van der Waals surface area (Å²) in [5.41, 5.74) is 3.39. The molecule has 3 rings (SSSR count). The van der Waals surface area contributed by atoms with E-state index >= 15 is 0 Å². The highest BCUT2D eigenvalue weighted by atomic mass is 35.5. The fraction of sp³-hybridized carbons (Fsp3) is 0.0588. The Morgan fingerprint density at radius 2 is 1.63 bits per heavy atom. The van der Waals surface area contributed by atoms with E-state index in [4.69, 9.17) is 11.6 Å². The highest BCUT2D eigenvalue weighted by Crippen LogP contribution is 2.29. The highest BCUT2D eigenvalue weighted by Gasteiger charge is 2.03. The SMILES string of the molecule is Cc1ccc(Nc2cccc(Cl)c2)c2ccccc12. The average Bonchev–Trinajstić information content (AvgIpc) is 2.42. The number of rotatable bonds is 2. The number of anilines is 2. The van der Waals surface area contributed by atoms with Gasteiger partial charge < -0.3 is 5.32 Å². The average molecular weight is 268 g/mol. The molecule has 19 heavy (non-hydrogen) atoms. The molecule has 0 saturated heterocycles. The maximum absolute atomic E-state index is 6.01. The van der Waals surface area contributed by atoms with Crippen molar-refractivity contribution in [2.24, 2.45) is 0 Å². The molecule has 0 radical (unpaired) electrons. The summed E-state index contributed by atoms with van der Waals surface area (Å²) in [5, 5.41) is 6.67. The summed E-state index contributed by atoms with van der Waals surface area (Å²) >= 11 is 6.01. The first-order valence-electron chi connectivity index (χ1n) is 6.25. The fourth-order valence-corrected chi connectivity index (χ4v) is 2.47. The van der Waals surface area contributed by atoms with Gasteiger partial charge in [-0.15, -0.1) is 0 Å². The predicted molar refractivity (Wildman–Crippen MR) is 83.4 cm³/mol. The molecule has 0 atom stereocenters. The van der Waals surface area contributed by atoms with E-state index in [1.165, 1.54) is 16.3 Å². The van der Waals surface area contributed by atoms with Gasteiger partial charge in [0.05, 0.1) is 0 Å². The molecule has 0 amide bonds. The molecule has 3 aromatic carbocycles. The van der Waals surface area contributed by atoms with E-state index in [9.17, 15) is 0 Å². The molecule has 0 aromatic heterocycles. The molecular weight excluding hydrogens is 254 g/mol. The van der Waals surface area contributed by atoms with Gasteiger partial charge in [0.25, 0.3) is 0 Å². The van der Waals surface area contributed by atoms with Crippen molar-refractivity contribution in [1.82, 2.24) is 0 Å². The lowest BCUT2D eigenvalue weighted by Crippen LogP contribution is -1.92. The Kier molecular flexibility index (Phi) is 3.14. The lowest BCUT2D eigenvalue weighted by molar-refractivity contribution is 1.51. The zero-order chi connectivity index (χ0) is 13.2. The quantitative estimate of drug-likeness (QED) is 0.642. The molecule has 0 heterocycles. The number of fused-ring (bicyclic) bond motifs is 1. The van der Waals surface area contributed by atoms with Crippen LogP contribution in [0.3, 0.4) is 0 Å². The highest BCUT2D eigenvalue weighted by molar-refractivity contribution is 6.30. The van der Waals surface area contributed by atoms with Crippen molar-refractivity contribution in [3.63, 3.8) is 0 Å². The lowest BCUT2D eigenvalue weighted by Gasteiger charge is -2.11. The third-order valence-electron chi connectivity index (χ3n) is 3.25. The Morgan fingerprint density at radius 3 is 2.42 bits per heavy atom. The monoisotopic (exact) mass is 267 g/mol. The summed E-state index contributed by atoms with van der Waals surface area (Å²) in [5.74, 6) is 0. The van der Waals surface area contributed by atoms with E-state index in [0.29, 0.717) is 0 Å². The number of halogens is 1. The molecule has 94 valence electrons. The molecule has 3 aromatic rings. The van der Waals surface area contributed by atoms with Crippen LogP contribution in [0, 0.1) is 6.92 Å². The minimum Gasteiger partial charge on any atom is -0.355 e. The minimum atomic E-state index is 0.737. The lowest BCUT2D eigenvalue weighted by atomic mass is 10.0. The number of hydrogen-bond acceptors (Lipinski definition) is 1. The van der Waals surface area contributed by atoms with Crippen LogP contribution >= 0.6 is 11.6 Å². The van der Waals surface area contributed by atoms with Crippen molar-refractivity contribution in [3.05, 3.63) is 71.2 Å². The van der Waals surface area contributed by atoms with Crippen LogP contribution in [0.5, 0.6) is 0 Å². The molecule has 0 bridgehead atoms. The smallest absolute Gasteiger partial charge is 0.0464 e. The minimum absolute atomic E-state index is 0.737. The molecule has 0 fully saturated rings. The second-order valence-corrected chi connectivity index (χ2v) is 5.05. The van der Waals surface area contributed by atoms with Crippen LogP contribution in [0.4, 0.5) is 11.4 Å². The van der Waals surface area contributed by atoms with Gasteiger partial charge in [-0.05, 0) is 42.1 Å². The first kappa shape index (κ1) is 12.1. The van der Waals surface area contributed by atoms with Crippen LogP contribution in [-0.2, 0) is 0 Å². The summed E-state index contributed by atoms with van der Waals surface area (Å²) < 4.78 is 0. The number of hydrogen-bond donors (Lipinski definition) is 1. The van der Waals surface area contributed by atoms with Gasteiger partial charge in [-0.2, -0.15) is 0 Å². The fourth-order valence-electron chi connectivity index (χ4n) is 2.28. The zero-order valence-electron chi connectivity index (χ0n) is 10.7. The zero-order valence-corrected chi connectivity index (χ0v) is 11.4. The standard InChI is InChI=1S/C17H14ClN/c1-12-9-10-17(16-8-3-2-7-15(12)16)19-14-6-4-5-13(18)11-14/h2-11,19H,1H3. The van der Waals surface area contributed by atoms with Gasteiger partial charge in [-0.1, -0.05) is 48.0 Å². The van der Waals surface area contributed by atoms with Gasteiger partial charge in [0, 0.05) is 21.8 Å². The second kappa shape index (κ2) is 4.94. The number of nitrogens with one attached hydrogen (secondary N) is 1. The molecule has 0 aliphatic heterocycles. The van der Waals surface area contributed by atoms with E-state index in [0.717, 1.165) is 16.4 Å². The molecule has 0 saturated carbocycles. The maximum Gasteiger partial charge on any atom is 0.0464 e. The van der Waals surface area contributed by atoms with Gasteiger partial charge in [0.1, 0.15) is 0 Å². The molecule has 0 unspecified atom stereocenters. The summed E-state index contributed by atoms with van der Waals surface area (Å²) in [6.07, 6.45) is 0. The first-order valence-corrected chi connectivity index (χ1v) is 6.63. The first-order chi connectivity index (χ1) is 9.24. The van der Waals surface area contributed by atoms with Crippen LogP contribution in [0.25, 0.3) is 10.8 Å². The Morgan fingerprint density at radius 1 is 0.842 bits per heavy atom. The largest absolute Gasteiger partial charge is 0.355 e. The molecule has 1 nitrogen and oxygen atoms in total. The second-order valence-electron chi connectivity index (χ2n) is 4.61. The Hall–Kier alpha value is -1.99. The van der Waals surface area contributed by atoms with E-state index in [1.54, 1.807) is 0 Å². The van der Waals surface area contributed by atoms with E-state index < -0.39 is 0 Å². The Labute approximate surface area is 117 Å². The van der Waals surface area contributed by atoms with Gasteiger partial charge >= 0.3 is 0 Å². The molecular formula is C17H14ClN. The van der Waals surface area contributed by atoms with Crippen molar-refractivity contribution >= 4 is 33.7 Å². The summed E-state index contributed by atoms with van der Waals surface area (Å²) in [4.78, 5) is 0. The van der Waals surface area contributed by atoms with Gasteiger partial charge in [-0.3, -0.25) is 0 Å². The van der Waals surface area contributed by atoms with Crippen molar-refractivity contribution in [1.29, 1.82) is 0 Å². The summed E-state index contributed by atoms with van der Waals surface area (Å²) in [6.45, 7) is 2.13. The molecule has 0 spiro atoms. The van der Waals surface area contributed by atoms with Crippen LogP contribution in [0.1, 0.15) is 5.56 Å². The maximum atomic E-state index is 6.01. The van der Waals surface area contributed by atoms with E-state index in [2.05, 4.69) is 48.6 Å². The van der Waals surface area contributed by atoms with E-state index in [-0.39, 0.29) is 0 Å². The third-order valence-corrected chi connectivity index (χ3v) is 3.48. The third kappa shape index (κ3) is 2.42. The number of benzene rings is 3. The molecule has 0 aliphatic rings. The van der Waals surface area contributed by atoms with Crippen LogP contribution in [0.15, 0.2) is 60.7 Å². The summed E-state index contributed by atoms with van der Waals surface area (Å²) in [7, 11) is 0. The molecule has 2 heteroatoms. The topological polar surface area (TPSA) is 12.0 Å². The van der Waals surface area contributed by atoms with Crippen LogP contribution in [0.2, 0.25) is 5.02 Å². The van der Waals surface area contributed by atoms with Crippen molar-refractivity contribution in [3.8, 4) is 0 Å². The number of aryl methyl sites for hydroxylation is 1. The van der Waals surface area contributed by atoms with Crippen LogP contribution < -0.4 is 5.32 Å². The predicted octanol–water partition coefficient (Wildman–Crippen LogP) is 5.55. The van der Waals surface area contributed by atoms with Gasteiger partial charge in [-0.25, -0.2) is 0 Å². The van der Waals surface area contributed by atoms with Crippen molar-refractivity contribution in [2.75, 3.05) is 5.32 Å². The molecule has 1 N–H and O–H groups in total. The van der Waals surface area contributed by atoms with Gasteiger partial charge in [0.15, 0.2) is 0 Å². The Balaban J connectivity index is 2.09. The van der Waals surface area contributed by atoms with Crippen LogP contribution in [-0.4, -0.2) is 0 Å². The van der Waals surface area contributed by atoms with E-state index in [1.807, 2.05) is 24.3 Å². The molecule has 0 aliphatic carbocycles. The Bertz CT molecular complexity index is 734. The summed E-state index contributed by atoms with van der Waals surface area (Å²) in [6, 6.07) is 20.4. The normalized spacial score (nSPS) is 10.6. The van der Waals surface area contributed by atoms with Crippen molar-refractivity contribution in [2.45, 2.75) is 6.92 Å². The van der Waals surface area contributed by atoms with Gasteiger partial charge in [0.2, 0.25) is 0 Å².